The summed E-state index contributed by atoms with van der Waals surface area (Å²) in [6.45, 7) is 3.06. The molecule has 0 aromatic carbocycles. The summed E-state index contributed by atoms with van der Waals surface area (Å²) >= 11 is 0. The van der Waals surface area contributed by atoms with Gasteiger partial charge in [-0.15, -0.1) is 0 Å². The lowest BCUT2D eigenvalue weighted by molar-refractivity contribution is -0.135. The van der Waals surface area contributed by atoms with Gasteiger partial charge in [0, 0.05) is 26.7 Å². The van der Waals surface area contributed by atoms with Crippen LogP contribution in [0.5, 0.6) is 0 Å². The predicted octanol–water partition coefficient (Wildman–Crippen LogP) is 0.640. The summed E-state index contributed by atoms with van der Waals surface area (Å²) in [7, 11) is 3.46. The molecule has 1 atom stereocenters. The molecule has 1 unspecified atom stereocenters. The molecule has 1 aliphatic rings. The number of carbonyl (C=O) groups excluding carboxylic acids is 1. The van der Waals surface area contributed by atoms with Crippen LogP contribution in [-0.2, 0) is 14.3 Å². The van der Waals surface area contributed by atoms with Crippen molar-refractivity contribution in [3.63, 3.8) is 0 Å². The number of methoxy groups -OCH3 is 1. The van der Waals surface area contributed by atoms with Gasteiger partial charge < -0.3 is 19.7 Å². The third-order valence-electron chi connectivity index (χ3n) is 3.31. The van der Waals surface area contributed by atoms with Crippen LogP contribution >= 0.6 is 0 Å². The van der Waals surface area contributed by atoms with Gasteiger partial charge in [-0.05, 0) is 25.8 Å². The Kier molecular flexibility index (Phi) is 7.96. The van der Waals surface area contributed by atoms with E-state index >= 15 is 0 Å². The SMILES string of the molecule is COCCOCC(=O)N(C)CCC1CCCCN1. The lowest BCUT2D eigenvalue weighted by Gasteiger charge is -2.26. The van der Waals surface area contributed by atoms with Gasteiger partial charge in [0.1, 0.15) is 6.61 Å². The molecule has 1 aliphatic heterocycles. The first-order valence-electron chi connectivity index (χ1n) is 6.78. The van der Waals surface area contributed by atoms with Crippen LogP contribution in [0.2, 0.25) is 0 Å². The second-order valence-electron chi connectivity index (χ2n) is 4.80. The van der Waals surface area contributed by atoms with Gasteiger partial charge in [-0.1, -0.05) is 6.42 Å². The Hall–Kier alpha value is -0.650. The van der Waals surface area contributed by atoms with Crippen LogP contribution in [0.25, 0.3) is 0 Å². The number of piperidine rings is 1. The van der Waals surface area contributed by atoms with E-state index in [2.05, 4.69) is 5.32 Å². The second-order valence-corrected chi connectivity index (χ2v) is 4.80. The summed E-state index contributed by atoms with van der Waals surface area (Å²) in [6.07, 6.45) is 4.83. The Morgan fingerprint density at radius 2 is 2.22 bits per heavy atom. The molecule has 0 aromatic rings. The maximum atomic E-state index is 11.7. The number of nitrogens with zero attached hydrogens (tertiary/aromatic N) is 1. The molecule has 0 aliphatic carbocycles. The average Bonchev–Trinajstić information content (AvgIpc) is 2.42. The van der Waals surface area contributed by atoms with Gasteiger partial charge in [0.15, 0.2) is 0 Å². The Morgan fingerprint density at radius 3 is 2.89 bits per heavy atom. The van der Waals surface area contributed by atoms with Gasteiger partial charge in [0.05, 0.1) is 13.2 Å². The van der Waals surface area contributed by atoms with Crippen molar-refractivity contribution in [2.75, 3.05) is 47.1 Å². The smallest absolute Gasteiger partial charge is 0.248 e. The highest BCUT2D eigenvalue weighted by atomic mass is 16.5. The molecule has 18 heavy (non-hydrogen) atoms. The highest BCUT2D eigenvalue weighted by Crippen LogP contribution is 2.10. The fraction of sp³-hybridized carbons (Fsp3) is 0.923. The standard InChI is InChI=1S/C13H26N2O3/c1-15(13(16)11-18-10-9-17-2)8-6-12-5-3-4-7-14-12/h12,14H,3-11H2,1-2H3. The first-order chi connectivity index (χ1) is 8.74. The molecule has 0 bridgehead atoms. The number of carbonyl (C=O) groups is 1. The maximum Gasteiger partial charge on any atom is 0.248 e. The summed E-state index contributed by atoms with van der Waals surface area (Å²) in [5.74, 6) is 0.0434. The van der Waals surface area contributed by atoms with Gasteiger partial charge in [-0.2, -0.15) is 0 Å². The van der Waals surface area contributed by atoms with Crippen LogP contribution in [0.4, 0.5) is 0 Å². The summed E-state index contributed by atoms with van der Waals surface area (Å²) < 4.78 is 10.1. The molecule has 5 heteroatoms. The Bertz CT molecular complexity index is 230. The minimum absolute atomic E-state index is 0.0434. The summed E-state index contributed by atoms with van der Waals surface area (Å²) in [5, 5.41) is 3.49. The van der Waals surface area contributed by atoms with E-state index in [0.29, 0.717) is 19.3 Å². The average molecular weight is 258 g/mol. The van der Waals surface area contributed by atoms with Gasteiger partial charge in [0.2, 0.25) is 5.91 Å². The highest BCUT2D eigenvalue weighted by molar-refractivity contribution is 5.77. The molecule has 0 saturated carbocycles. The molecule has 1 heterocycles. The minimum Gasteiger partial charge on any atom is -0.382 e. The van der Waals surface area contributed by atoms with Gasteiger partial charge in [-0.3, -0.25) is 4.79 Å². The van der Waals surface area contributed by atoms with Crippen molar-refractivity contribution < 1.29 is 14.3 Å². The number of nitrogens with one attached hydrogen (secondary N) is 1. The second kappa shape index (κ2) is 9.30. The number of likely N-dealkylation sites (N-methyl/N-ethyl adjacent to an activating group) is 1. The number of amides is 1. The molecule has 106 valence electrons. The van der Waals surface area contributed by atoms with E-state index in [1.165, 1.54) is 19.3 Å². The molecule has 5 nitrogen and oxygen atoms in total. The lowest BCUT2D eigenvalue weighted by Crippen LogP contribution is -2.39. The normalized spacial score (nSPS) is 19.8. The first-order valence-corrected chi connectivity index (χ1v) is 6.78. The number of hydrogen-bond donors (Lipinski definition) is 1. The van der Waals surface area contributed by atoms with Crippen LogP contribution in [0.1, 0.15) is 25.7 Å². The van der Waals surface area contributed by atoms with Crippen LogP contribution in [-0.4, -0.2) is 63.9 Å². The number of ether oxygens (including phenoxy) is 2. The molecule has 1 amide bonds. The topological polar surface area (TPSA) is 50.8 Å². The van der Waals surface area contributed by atoms with Crippen molar-refractivity contribution >= 4 is 5.91 Å². The Balaban J connectivity index is 2.07. The van der Waals surface area contributed by atoms with Crippen molar-refractivity contribution in [3.05, 3.63) is 0 Å². The van der Waals surface area contributed by atoms with Crippen molar-refractivity contribution in [2.45, 2.75) is 31.7 Å². The van der Waals surface area contributed by atoms with Gasteiger partial charge in [0.25, 0.3) is 0 Å². The van der Waals surface area contributed by atoms with Gasteiger partial charge >= 0.3 is 0 Å². The molecule has 1 fully saturated rings. The lowest BCUT2D eigenvalue weighted by atomic mass is 10.0. The molecule has 1 saturated heterocycles. The molecular weight excluding hydrogens is 232 g/mol. The van der Waals surface area contributed by atoms with E-state index in [4.69, 9.17) is 9.47 Å². The van der Waals surface area contributed by atoms with Crippen LogP contribution < -0.4 is 5.32 Å². The van der Waals surface area contributed by atoms with E-state index in [-0.39, 0.29) is 12.5 Å². The van der Waals surface area contributed by atoms with E-state index in [9.17, 15) is 4.79 Å². The maximum absolute atomic E-state index is 11.7. The monoisotopic (exact) mass is 258 g/mol. The third-order valence-corrected chi connectivity index (χ3v) is 3.31. The van der Waals surface area contributed by atoms with E-state index < -0.39 is 0 Å². The largest absolute Gasteiger partial charge is 0.382 e. The Labute approximate surface area is 110 Å². The first kappa shape index (κ1) is 15.4. The highest BCUT2D eigenvalue weighted by Gasteiger charge is 2.15. The summed E-state index contributed by atoms with van der Waals surface area (Å²) in [6, 6.07) is 0.573. The van der Waals surface area contributed by atoms with Crippen molar-refractivity contribution in [2.24, 2.45) is 0 Å². The number of hydrogen-bond acceptors (Lipinski definition) is 4. The zero-order valence-electron chi connectivity index (χ0n) is 11.6. The fourth-order valence-electron chi connectivity index (χ4n) is 2.06. The number of rotatable bonds is 8. The molecule has 1 N–H and O–H groups in total. The summed E-state index contributed by atoms with van der Waals surface area (Å²) in [4.78, 5) is 13.5. The van der Waals surface area contributed by atoms with E-state index in [1.54, 1.807) is 12.0 Å². The van der Waals surface area contributed by atoms with Crippen LogP contribution in [0.15, 0.2) is 0 Å². The zero-order chi connectivity index (χ0) is 13.2. The van der Waals surface area contributed by atoms with Crippen molar-refractivity contribution in [1.82, 2.24) is 10.2 Å². The van der Waals surface area contributed by atoms with Crippen LogP contribution in [0, 0.1) is 0 Å². The van der Waals surface area contributed by atoms with Crippen molar-refractivity contribution in [3.8, 4) is 0 Å². The van der Waals surface area contributed by atoms with Gasteiger partial charge in [-0.25, -0.2) is 0 Å². The summed E-state index contributed by atoms with van der Waals surface area (Å²) in [5.41, 5.74) is 0. The molecule has 0 aromatic heterocycles. The van der Waals surface area contributed by atoms with E-state index in [0.717, 1.165) is 19.5 Å². The fourth-order valence-corrected chi connectivity index (χ4v) is 2.06. The van der Waals surface area contributed by atoms with Crippen molar-refractivity contribution in [1.29, 1.82) is 0 Å². The minimum atomic E-state index is 0.0434. The predicted molar refractivity (Wildman–Crippen MR) is 70.6 cm³/mol. The van der Waals surface area contributed by atoms with E-state index in [1.807, 2.05) is 7.05 Å². The molecule has 0 spiro atoms. The molecule has 0 radical (unpaired) electrons. The zero-order valence-corrected chi connectivity index (χ0v) is 11.6. The van der Waals surface area contributed by atoms with Crippen LogP contribution in [0.3, 0.4) is 0 Å². The quantitative estimate of drug-likeness (QED) is 0.649. The third kappa shape index (κ3) is 6.33. The Morgan fingerprint density at radius 1 is 1.39 bits per heavy atom. The molecule has 1 rings (SSSR count). The molecular formula is C13H26N2O3.